The Labute approximate surface area is 158 Å². The first kappa shape index (κ1) is 24.4. The molecule has 1 aromatic carbocycles. The first-order valence-corrected chi connectivity index (χ1v) is 8.62. The number of amides is 1. The van der Waals surface area contributed by atoms with Gasteiger partial charge in [0, 0.05) is 19.9 Å². The number of benzene rings is 1. The topological polar surface area (TPSA) is 176 Å². The highest BCUT2D eigenvalue weighted by atomic mass is 16.4. The average Bonchev–Trinajstić information content (AvgIpc) is 2.57. The van der Waals surface area contributed by atoms with E-state index in [4.69, 9.17) is 21.4 Å². The van der Waals surface area contributed by atoms with Gasteiger partial charge in [0.2, 0.25) is 5.91 Å². The lowest BCUT2D eigenvalue weighted by Crippen LogP contribution is -2.32. The number of carbonyl (C=O) groups is 3. The van der Waals surface area contributed by atoms with E-state index in [0.29, 0.717) is 31.5 Å². The predicted molar refractivity (Wildman–Crippen MR) is 100 cm³/mol. The summed E-state index contributed by atoms with van der Waals surface area (Å²) in [7, 11) is 0. The van der Waals surface area contributed by atoms with Gasteiger partial charge in [-0.25, -0.2) is 0 Å². The second-order valence-corrected chi connectivity index (χ2v) is 5.98. The number of hydrogen-bond donors (Lipinski definition) is 6. The number of phenols is 2. The number of aromatic hydroxyl groups is 2. The number of unbranched alkanes of at least 4 members (excludes halogenated alkanes) is 1. The van der Waals surface area contributed by atoms with Crippen LogP contribution in [0.2, 0.25) is 0 Å². The normalized spacial score (nSPS) is 11.1. The molecule has 27 heavy (non-hydrogen) atoms. The Morgan fingerprint density at radius 1 is 1.15 bits per heavy atom. The van der Waals surface area contributed by atoms with Crippen molar-refractivity contribution in [3.63, 3.8) is 0 Å². The average molecular weight is 383 g/mol. The van der Waals surface area contributed by atoms with E-state index in [1.165, 1.54) is 12.1 Å². The molecule has 9 heteroatoms. The molecule has 0 heterocycles. The molecule has 1 amide bonds. The third-order valence-electron chi connectivity index (χ3n) is 3.47. The van der Waals surface area contributed by atoms with Crippen LogP contribution in [0.25, 0.3) is 0 Å². The van der Waals surface area contributed by atoms with Crippen LogP contribution in [-0.2, 0) is 20.8 Å². The van der Waals surface area contributed by atoms with Crippen LogP contribution in [0.5, 0.6) is 11.5 Å². The highest BCUT2D eigenvalue weighted by molar-refractivity contribution is 5.83. The summed E-state index contributed by atoms with van der Waals surface area (Å²) in [6, 6.07) is 3.81. The van der Waals surface area contributed by atoms with Crippen molar-refractivity contribution in [2.24, 2.45) is 11.5 Å². The van der Waals surface area contributed by atoms with Crippen LogP contribution in [-0.4, -0.2) is 52.1 Å². The standard InChI is InChI=1S/C16H25N3O4.C2H4O2/c17-7-6-13(20)12(18)3-1-2-8-19-16(23)10-11-4-5-14(21)15(22)9-11;1-2(3)4/h4-5,9,12,21-22H,1-3,6-8,10,17-18H2,(H,19,23);1H3,(H,3,4). The zero-order valence-electron chi connectivity index (χ0n) is 15.5. The molecule has 8 N–H and O–H groups in total. The molecule has 0 saturated carbocycles. The molecule has 0 fully saturated rings. The Kier molecular flexibility index (Phi) is 12.2. The molecule has 152 valence electrons. The van der Waals surface area contributed by atoms with Crippen molar-refractivity contribution in [2.75, 3.05) is 13.1 Å². The van der Waals surface area contributed by atoms with Crippen molar-refractivity contribution < 1.29 is 29.7 Å². The van der Waals surface area contributed by atoms with Gasteiger partial charge in [-0.15, -0.1) is 0 Å². The minimum absolute atomic E-state index is 0.0244. The number of phenolic OH excluding ortho intramolecular Hbond substituents is 2. The van der Waals surface area contributed by atoms with Crippen LogP contribution in [0.3, 0.4) is 0 Å². The van der Waals surface area contributed by atoms with E-state index in [1.54, 1.807) is 6.07 Å². The SMILES string of the molecule is CC(=O)O.NCCC(=O)C(N)CCCCNC(=O)Cc1ccc(O)c(O)c1. The number of hydrogen-bond acceptors (Lipinski definition) is 7. The Balaban J connectivity index is 0.00000153. The van der Waals surface area contributed by atoms with Gasteiger partial charge in [-0.2, -0.15) is 0 Å². The Bertz CT molecular complexity index is 617. The smallest absolute Gasteiger partial charge is 0.300 e. The van der Waals surface area contributed by atoms with Gasteiger partial charge in [0.25, 0.3) is 5.97 Å². The van der Waals surface area contributed by atoms with Crippen LogP contribution in [0.1, 0.15) is 38.2 Å². The summed E-state index contributed by atoms with van der Waals surface area (Å²) in [6.07, 6.45) is 2.49. The molecule has 9 nitrogen and oxygen atoms in total. The zero-order chi connectivity index (χ0) is 20.8. The van der Waals surface area contributed by atoms with E-state index < -0.39 is 12.0 Å². The lowest BCUT2D eigenvalue weighted by molar-refractivity contribution is -0.134. The monoisotopic (exact) mass is 383 g/mol. The van der Waals surface area contributed by atoms with Gasteiger partial charge in [-0.05, 0) is 43.5 Å². The summed E-state index contributed by atoms with van der Waals surface area (Å²) in [4.78, 5) is 32.2. The van der Waals surface area contributed by atoms with Crippen molar-refractivity contribution in [1.29, 1.82) is 0 Å². The molecule has 1 rings (SSSR count). The number of aliphatic carboxylic acids is 1. The molecule has 1 atom stereocenters. The fraction of sp³-hybridized carbons (Fsp3) is 0.500. The minimum Gasteiger partial charge on any atom is -0.504 e. The third kappa shape index (κ3) is 12.4. The molecular formula is C18H29N3O6. The molecule has 1 aromatic rings. The van der Waals surface area contributed by atoms with Gasteiger partial charge in [0.1, 0.15) is 0 Å². The third-order valence-corrected chi connectivity index (χ3v) is 3.47. The maximum atomic E-state index is 11.8. The molecule has 0 bridgehead atoms. The summed E-state index contributed by atoms with van der Waals surface area (Å²) in [5, 5.41) is 28.8. The second-order valence-electron chi connectivity index (χ2n) is 5.98. The number of nitrogens with one attached hydrogen (secondary N) is 1. The Morgan fingerprint density at radius 3 is 2.33 bits per heavy atom. The molecule has 0 aliphatic heterocycles. The number of Topliss-reactive ketones (excluding diaryl/α,β-unsaturated/α-hetero) is 1. The Hall–Kier alpha value is -2.65. The predicted octanol–water partition coefficient (Wildman–Crippen LogP) is 0.263. The van der Waals surface area contributed by atoms with Crippen molar-refractivity contribution in [3.05, 3.63) is 23.8 Å². The van der Waals surface area contributed by atoms with Crippen molar-refractivity contribution in [1.82, 2.24) is 5.32 Å². The molecule has 0 aliphatic carbocycles. The van der Waals surface area contributed by atoms with Crippen molar-refractivity contribution in [3.8, 4) is 11.5 Å². The van der Waals surface area contributed by atoms with Crippen LogP contribution in [0, 0.1) is 0 Å². The van der Waals surface area contributed by atoms with Crippen LogP contribution >= 0.6 is 0 Å². The van der Waals surface area contributed by atoms with Crippen LogP contribution in [0.15, 0.2) is 18.2 Å². The molecule has 0 spiro atoms. The summed E-state index contributed by atoms with van der Waals surface area (Å²) in [5.41, 5.74) is 11.7. The van der Waals surface area contributed by atoms with E-state index in [2.05, 4.69) is 5.32 Å². The van der Waals surface area contributed by atoms with Gasteiger partial charge in [-0.3, -0.25) is 14.4 Å². The van der Waals surface area contributed by atoms with Crippen LogP contribution < -0.4 is 16.8 Å². The van der Waals surface area contributed by atoms with Gasteiger partial charge < -0.3 is 32.1 Å². The van der Waals surface area contributed by atoms with E-state index in [9.17, 15) is 19.8 Å². The second kappa shape index (κ2) is 13.5. The van der Waals surface area contributed by atoms with Gasteiger partial charge >= 0.3 is 0 Å². The quantitative estimate of drug-likeness (QED) is 0.246. The number of carboxylic acid groups (broad SMARTS) is 1. The fourth-order valence-electron chi connectivity index (χ4n) is 2.13. The van der Waals surface area contributed by atoms with E-state index in [0.717, 1.165) is 19.8 Å². The molecular weight excluding hydrogens is 354 g/mol. The molecule has 0 saturated heterocycles. The summed E-state index contributed by atoms with van der Waals surface area (Å²) in [5.74, 6) is -1.48. The first-order valence-electron chi connectivity index (χ1n) is 8.62. The van der Waals surface area contributed by atoms with Crippen molar-refractivity contribution in [2.45, 2.75) is 45.1 Å². The minimum atomic E-state index is -0.833. The number of carboxylic acids is 1. The van der Waals surface area contributed by atoms with Gasteiger partial charge in [0.15, 0.2) is 17.3 Å². The summed E-state index contributed by atoms with van der Waals surface area (Å²) < 4.78 is 0. The molecule has 0 aromatic heterocycles. The van der Waals surface area contributed by atoms with Crippen molar-refractivity contribution >= 4 is 17.7 Å². The Morgan fingerprint density at radius 2 is 1.78 bits per heavy atom. The van der Waals surface area contributed by atoms with E-state index in [-0.39, 0.29) is 29.6 Å². The molecule has 0 aliphatic rings. The maximum absolute atomic E-state index is 11.8. The van der Waals surface area contributed by atoms with Gasteiger partial charge in [0.05, 0.1) is 12.5 Å². The number of rotatable bonds is 10. The number of nitrogens with two attached hydrogens (primary N) is 2. The summed E-state index contributed by atoms with van der Waals surface area (Å²) >= 11 is 0. The largest absolute Gasteiger partial charge is 0.504 e. The lowest BCUT2D eigenvalue weighted by atomic mass is 10.0. The highest BCUT2D eigenvalue weighted by Crippen LogP contribution is 2.24. The lowest BCUT2D eigenvalue weighted by Gasteiger charge is -2.10. The highest BCUT2D eigenvalue weighted by Gasteiger charge is 2.11. The van der Waals surface area contributed by atoms with E-state index >= 15 is 0 Å². The van der Waals surface area contributed by atoms with Crippen LogP contribution in [0.4, 0.5) is 0 Å². The maximum Gasteiger partial charge on any atom is 0.300 e. The van der Waals surface area contributed by atoms with Gasteiger partial charge in [-0.1, -0.05) is 6.07 Å². The fourth-order valence-corrected chi connectivity index (χ4v) is 2.13. The van der Waals surface area contributed by atoms with E-state index in [1.807, 2.05) is 0 Å². The molecule has 0 radical (unpaired) electrons. The summed E-state index contributed by atoms with van der Waals surface area (Å²) in [6.45, 7) is 1.90. The number of ketones is 1. The number of carbonyl (C=O) groups excluding carboxylic acids is 2. The molecule has 1 unspecified atom stereocenters. The zero-order valence-corrected chi connectivity index (χ0v) is 15.5. The first-order chi connectivity index (χ1) is 12.7.